The molecule has 0 saturated carbocycles. The number of rotatable bonds is 0. The van der Waals surface area contributed by atoms with E-state index < -0.39 is 0 Å². The molecule has 0 spiro atoms. The summed E-state index contributed by atoms with van der Waals surface area (Å²) in [5.41, 5.74) is 0.727. The van der Waals surface area contributed by atoms with E-state index in [2.05, 4.69) is 20.7 Å². The molecule has 0 aromatic rings. The summed E-state index contributed by atoms with van der Waals surface area (Å²) in [5.74, 6) is -0.193. The minimum atomic E-state index is -0.193. The highest BCUT2D eigenvalue weighted by Gasteiger charge is 2.16. The first kappa shape index (κ1) is 5.82. The maximum absolute atomic E-state index is 10.5. The fourth-order valence-electron chi connectivity index (χ4n) is 0.548. The van der Waals surface area contributed by atoms with E-state index in [1.165, 1.54) is 0 Å². The lowest BCUT2D eigenvalue weighted by Crippen LogP contribution is -1.92. The van der Waals surface area contributed by atoms with Crippen molar-refractivity contribution < 1.29 is 9.53 Å². The molecule has 0 unspecified atom stereocenters. The predicted octanol–water partition coefficient (Wildman–Crippen LogP) is 1.21. The third kappa shape index (κ3) is 0.916. The monoisotopic (exact) mass is 176 g/mol. The van der Waals surface area contributed by atoms with E-state index in [1.807, 2.05) is 0 Å². The molecule has 0 aromatic heterocycles. The van der Waals surface area contributed by atoms with E-state index in [0.29, 0.717) is 6.61 Å². The summed E-state index contributed by atoms with van der Waals surface area (Å²) in [5, 5.41) is 0. The van der Waals surface area contributed by atoms with Crippen LogP contribution in [0, 0.1) is 0 Å². The van der Waals surface area contributed by atoms with Gasteiger partial charge in [0, 0.05) is 12.0 Å². The summed E-state index contributed by atoms with van der Waals surface area (Å²) in [4.78, 5) is 12.1. The molecule has 0 aliphatic carbocycles. The van der Waals surface area contributed by atoms with Crippen LogP contribution in [0.15, 0.2) is 10.6 Å². The number of hydrogen-bond donors (Lipinski definition) is 0. The van der Waals surface area contributed by atoms with E-state index in [1.54, 1.807) is 4.99 Å². The van der Waals surface area contributed by atoms with Gasteiger partial charge in [-0.25, -0.2) is 4.79 Å². The SMILES string of the molecule is O=C1OCCC1=CBr. The second kappa shape index (κ2) is 2.31. The van der Waals surface area contributed by atoms with Gasteiger partial charge in [0.15, 0.2) is 0 Å². The van der Waals surface area contributed by atoms with Gasteiger partial charge >= 0.3 is 5.97 Å². The number of halogens is 1. The topological polar surface area (TPSA) is 26.3 Å². The average Bonchev–Trinajstić information content (AvgIpc) is 2.14. The van der Waals surface area contributed by atoms with Gasteiger partial charge in [0.2, 0.25) is 0 Å². The lowest BCUT2D eigenvalue weighted by molar-refractivity contribution is -0.135. The normalized spacial score (nSPS) is 24.1. The second-order valence-electron chi connectivity index (χ2n) is 1.52. The third-order valence-electron chi connectivity index (χ3n) is 0.998. The van der Waals surface area contributed by atoms with Crippen LogP contribution in [0.4, 0.5) is 0 Å². The van der Waals surface area contributed by atoms with Gasteiger partial charge in [-0.15, -0.1) is 0 Å². The molecular formula is C5H5BrO2. The Morgan fingerprint density at radius 3 is 2.75 bits per heavy atom. The Bertz CT molecular complexity index is 139. The highest BCUT2D eigenvalue weighted by molar-refractivity contribution is 9.11. The number of ether oxygens (including phenoxy) is 1. The van der Waals surface area contributed by atoms with Crippen molar-refractivity contribution >= 4 is 21.9 Å². The van der Waals surface area contributed by atoms with Crippen LogP contribution in [0.2, 0.25) is 0 Å². The van der Waals surface area contributed by atoms with Gasteiger partial charge < -0.3 is 4.74 Å². The van der Waals surface area contributed by atoms with Crippen LogP contribution in [0.25, 0.3) is 0 Å². The molecule has 2 nitrogen and oxygen atoms in total. The van der Waals surface area contributed by atoms with Gasteiger partial charge in [-0.05, 0) is 4.99 Å². The minimum absolute atomic E-state index is 0.193. The fourth-order valence-corrected chi connectivity index (χ4v) is 0.963. The molecule has 3 heteroatoms. The van der Waals surface area contributed by atoms with Crippen molar-refractivity contribution in [1.29, 1.82) is 0 Å². The quantitative estimate of drug-likeness (QED) is 0.410. The number of carbonyl (C=O) groups excluding carboxylic acids is 1. The molecule has 1 rings (SSSR count). The molecule has 8 heavy (non-hydrogen) atoms. The van der Waals surface area contributed by atoms with Crippen LogP contribution in [0.1, 0.15) is 6.42 Å². The minimum Gasteiger partial charge on any atom is -0.462 e. The van der Waals surface area contributed by atoms with Crippen LogP contribution < -0.4 is 0 Å². The Kier molecular flexibility index (Phi) is 1.68. The number of esters is 1. The van der Waals surface area contributed by atoms with Gasteiger partial charge in [0.1, 0.15) is 0 Å². The van der Waals surface area contributed by atoms with E-state index in [4.69, 9.17) is 0 Å². The fraction of sp³-hybridized carbons (Fsp3) is 0.400. The zero-order valence-electron chi connectivity index (χ0n) is 4.19. The van der Waals surface area contributed by atoms with Crippen molar-refractivity contribution in [2.75, 3.05) is 6.61 Å². The molecule has 0 radical (unpaired) electrons. The van der Waals surface area contributed by atoms with E-state index >= 15 is 0 Å². The van der Waals surface area contributed by atoms with Crippen LogP contribution in [0.5, 0.6) is 0 Å². The summed E-state index contributed by atoms with van der Waals surface area (Å²) >= 11 is 3.05. The smallest absolute Gasteiger partial charge is 0.334 e. The summed E-state index contributed by atoms with van der Waals surface area (Å²) < 4.78 is 4.62. The van der Waals surface area contributed by atoms with Crippen molar-refractivity contribution in [3.63, 3.8) is 0 Å². The highest BCUT2D eigenvalue weighted by Crippen LogP contribution is 2.13. The second-order valence-corrected chi connectivity index (χ2v) is 1.98. The standard InChI is InChI=1S/C5H5BrO2/c6-3-4-1-2-8-5(4)7/h3H,1-2H2. The van der Waals surface area contributed by atoms with E-state index in [-0.39, 0.29) is 5.97 Å². The first-order chi connectivity index (χ1) is 3.84. The van der Waals surface area contributed by atoms with Crippen molar-refractivity contribution in [3.8, 4) is 0 Å². The maximum atomic E-state index is 10.5. The van der Waals surface area contributed by atoms with Crippen molar-refractivity contribution in [2.45, 2.75) is 6.42 Å². The molecule has 1 fully saturated rings. The van der Waals surface area contributed by atoms with Gasteiger partial charge in [0.25, 0.3) is 0 Å². The van der Waals surface area contributed by atoms with Gasteiger partial charge in [0.05, 0.1) is 6.61 Å². The molecule has 0 atom stereocenters. The number of hydrogen-bond acceptors (Lipinski definition) is 2. The largest absolute Gasteiger partial charge is 0.462 e. The average molecular weight is 177 g/mol. The molecule has 0 N–H and O–H groups in total. The molecule has 1 heterocycles. The highest BCUT2D eigenvalue weighted by atomic mass is 79.9. The molecular weight excluding hydrogens is 172 g/mol. The summed E-state index contributed by atoms with van der Waals surface area (Å²) in [6.45, 7) is 0.538. The lowest BCUT2D eigenvalue weighted by atomic mass is 10.3. The van der Waals surface area contributed by atoms with Crippen molar-refractivity contribution in [3.05, 3.63) is 10.6 Å². The Morgan fingerprint density at radius 1 is 1.75 bits per heavy atom. The Labute approximate surface area is 55.6 Å². The van der Waals surface area contributed by atoms with Gasteiger partial charge in [-0.2, -0.15) is 0 Å². The zero-order chi connectivity index (χ0) is 5.98. The van der Waals surface area contributed by atoms with E-state index in [9.17, 15) is 4.79 Å². The molecule has 0 aromatic carbocycles. The Morgan fingerprint density at radius 2 is 2.50 bits per heavy atom. The van der Waals surface area contributed by atoms with Crippen molar-refractivity contribution in [2.24, 2.45) is 0 Å². The van der Waals surface area contributed by atoms with Crippen LogP contribution >= 0.6 is 15.9 Å². The molecule has 1 aliphatic heterocycles. The van der Waals surface area contributed by atoms with Crippen LogP contribution in [-0.4, -0.2) is 12.6 Å². The van der Waals surface area contributed by atoms with E-state index in [0.717, 1.165) is 12.0 Å². The maximum Gasteiger partial charge on any atom is 0.334 e. The van der Waals surface area contributed by atoms with Gasteiger partial charge in [-0.3, -0.25) is 0 Å². The molecule has 0 amide bonds. The van der Waals surface area contributed by atoms with Crippen LogP contribution in [0.3, 0.4) is 0 Å². The number of cyclic esters (lactones) is 1. The van der Waals surface area contributed by atoms with Crippen molar-refractivity contribution in [1.82, 2.24) is 0 Å². The molecule has 0 bridgehead atoms. The zero-order valence-corrected chi connectivity index (χ0v) is 5.77. The third-order valence-corrected chi connectivity index (χ3v) is 1.55. The molecule has 44 valence electrons. The van der Waals surface area contributed by atoms with Gasteiger partial charge in [-0.1, -0.05) is 15.9 Å². The lowest BCUT2D eigenvalue weighted by Gasteiger charge is -1.83. The summed E-state index contributed by atoms with van der Waals surface area (Å²) in [6, 6.07) is 0. The Balaban J connectivity index is 2.69. The molecule has 1 aliphatic rings. The molecule has 1 saturated heterocycles. The summed E-state index contributed by atoms with van der Waals surface area (Å²) in [6.07, 6.45) is 0.740. The summed E-state index contributed by atoms with van der Waals surface area (Å²) in [7, 11) is 0. The first-order valence-electron chi connectivity index (χ1n) is 2.31. The van der Waals surface area contributed by atoms with Crippen LogP contribution in [-0.2, 0) is 9.53 Å². The number of carbonyl (C=O) groups is 1. The first-order valence-corrected chi connectivity index (χ1v) is 3.22. The Hall–Kier alpha value is -0.310. The predicted molar refractivity (Wildman–Crippen MR) is 32.6 cm³/mol.